The molecule has 0 saturated heterocycles. The summed E-state index contributed by atoms with van der Waals surface area (Å²) in [5, 5.41) is 0. The third kappa shape index (κ3) is 2.45. The van der Waals surface area contributed by atoms with Crippen LogP contribution in [-0.2, 0) is 0 Å². The van der Waals surface area contributed by atoms with E-state index in [-0.39, 0.29) is 16.9 Å². The third-order valence-electron chi connectivity index (χ3n) is 2.60. The highest BCUT2D eigenvalue weighted by molar-refractivity contribution is 6.10. The number of ketones is 1. The largest absolute Gasteiger partial charge is 0.496 e. The highest BCUT2D eigenvalue weighted by Gasteiger charge is 2.20. The monoisotopic (exact) mass is 266 g/mol. The van der Waals surface area contributed by atoms with Crippen molar-refractivity contribution < 1.29 is 22.7 Å². The van der Waals surface area contributed by atoms with Gasteiger partial charge in [-0.3, -0.25) is 4.79 Å². The zero-order valence-electron chi connectivity index (χ0n) is 9.91. The summed E-state index contributed by atoms with van der Waals surface area (Å²) in [5.41, 5.74) is -0.460. The highest BCUT2D eigenvalue weighted by Crippen LogP contribution is 2.24. The van der Waals surface area contributed by atoms with Crippen LogP contribution in [0.4, 0.5) is 13.2 Å². The van der Waals surface area contributed by atoms with E-state index in [1.807, 2.05) is 0 Å². The normalized spacial score (nSPS) is 10.3. The average Bonchev–Trinajstić information content (AvgIpc) is 2.40. The van der Waals surface area contributed by atoms with E-state index in [4.69, 9.17) is 4.74 Å². The number of hydrogen-bond donors (Lipinski definition) is 0. The lowest BCUT2D eigenvalue weighted by atomic mass is 10.0. The number of hydrogen-bond acceptors (Lipinski definition) is 2. The molecule has 0 saturated carbocycles. The molecule has 2 nitrogen and oxygen atoms in total. The van der Waals surface area contributed by atoms with E-state index < -0.39 is 23.2 Å². The quantitative estimate of drug-likeness (QED) is 0.796. The molecular weight excluding hydrogens is 257 g/mol. The lowest BCUT2D eigenvalue weighted by molar-refractivity contribution is 0.103. The minimum absolute atomic E-state index is 0.0368. The molecule has 0 bridgehead atoms. The van der Waals surface area contributed by atoms with Gasteiger partial charge >= 0.3 is 0 Å². The maximum Gasteiger partial charge on any atom is 0.199 e. The predicted molar refractivity (Wildman–Crippen MR) is 62.7 cm³/mol. The van der Waals surface area contributed by atoms with Gasteiger partial charge in [-0.1, -0.05) is 6.07 Å². The predicted octanol–water partition coefficient (Wildman–Crippen LogP) is 3.34. The molecule has 0 aliphatic heterocycles. The van der Waals surface area contributed by atoms with Crippen LogP contribution in [0.2, 0.25) is 0 Å². The second-order valence-corrected chi connectivity index (χ2v) is 3.78. The van der Waals surface area contributed by atoms with Crippen molar-refractivity contribution in [3.63, 3.8) is 0 Å². The molecule has 0 fully saturated rings. The van der Waals surface area contributed by atoms with Crippen LogP contribution in [0, 0.1) is 17.5 Å². The molecule has 2 aromatic carbocycles. The molecular formula is C14H9F3O2. The molecule has 2 rings (SSSR count). The molecule has 2 aromatic rings. The number of carbonyl (C=O) groups excluding carboxylic acids is 1. The molecule has 5 heteroatoms. The molecule has 98 valence electrons. The molecule has 0 unspecified atom stereocenters. The number of methoxy groups -OCH3 is 1. The molecule has 0 aliphatic rings. The minimum atomic E-state index is -1.17. The Kier molecular flexibility index (Phi) is 3.55. The van der Waals surface area contributed by atoms with Crippen molar-refractivity contribution in [2.75, 3.05) is 7.11 Å². The summed E-state index contributed by atoms with van der Waals surface area (Å²) in [6.07, 6.45) is 0. The fraction of sp³-hybridized carbons (Fsp3) is 0.0714. The van der Waals surface area contributed by atoms with Crippen LogP contribution < -0.4 is 4.74 Å². The standard InChI is InChI=1S/C14H9F3O2/c1-19-12-4-2-3-10(16)13(12)14(18)8-5-6-9(15)11(17)7-8/h2-7H,1H3. The molecule has 0 aromatic heterocycles. The number of halogens is 3. The van der Waals surface area contributed by atoms with Gasteiger partial charge in [-0.2, -0.15) is 0 Å². The Morgan fingerprint density at radius 2 is 1.74 bits per heavy atom. The van der Waals surface area contributed by atoms with Crippen molar-refractivity contribution in [3.8, 4) is 5.75 Å². The second kappa shape index (κ2) is 5.14. The Hall–Kier alpha value is -2.30. The van der Waals surface area contributed by atoms with Gasteiger partial charge in [-0.05, 0) is 30.3 Å². The van der Waals surface area contributed by atoms with E-state index in [0.29, 0.717) is 0 Å². The van der Waals surface area contributed by atoms with E-state index in [1.165, 1.54) is 19.2 Å². The molecule has 0 aliphatic carbocycles. The topological polar surface area (TPSA) is 26.3 Å². The first kappa shape index (κ1) is 13.1. The number of ether oxygens (including phenoxy) is 1. The Labute approximate surface area is 107 Å². The smallest absolute Gasteiger partial charge is 0.199 e. The summed E-state index contributed by atoms with van der Waals surface area (Å²) < 4.78 is 44.5. The van der Waals surface area contributed by atoms with E-state index in [0.717, 1.165) is 24.3 Å². The first-order valence-corrected chi connectivity index (χ1v) is 5.37. The Morgan fingerprint density at radius 3 is 2.37 bits per heavy atom. The van der Waals surface area contributed by atoms with Gasteiger partial charge in [-0.25, -0.2) is 13.2 Å². The van der Waals surface area contributed by atoms with Gasteiger partial charge in [0, 0.05) is 5.56 Å². The molecule has 0 amide bonds. The second-order valence-electron chi connectivity index (χ2n) is 3.78. The van der Waals surface area contributed by atoms with Crippen LogP contribution in [0.15, 0.2) is 36.4 Å². The average molecular weight is 266 g/mol. The van der Waals surface area contributed by atoms with Gasteiger partial charge in [-0.15, -0.1) is 0 Å². The van der Waals surface area contributed by atoms with Crippen molar-refractivity contribution in [1.29, 1.82) is 0 Å². The van der Waals surface area contributed by atoms with Crippen LogP contribution in [0.3, 0.4) is 0 Å². The van der Waals surface area contributed by atoms with Crippen LogP contribution in [0.25, 0.3) is 0 Å². The number of benzene rings is 2. The summed E-state index contributed by atoms with van der Waals surface area (Å²) >= 11 is 0. The van der Waals surface area contributed by atoms with Crippen molar-refractivity contribution in [1.82, 2.24) is 0 Å². The van der Waals surface area contributed by atoms with Gasteiger partial charge in [0.05, 0.1) is 7.11 Å². The number of rotatable bonds is 3. The molecule has 0 heterocycles. The maximum atomic E-state index is 13.7. The summed E-state index contributed by atoms with van der Waals surface area (Å²) in [4.78, 5) is 12.1. The van der Waals surface area contributed by atoms with Crippen molar-refractivity contribution in [3.05, 3.63) is 65.0 Å². The maximum absolute atomic E-state index is 13.7. The van der Waals surface area contributed by atoms with E-state index >= 15 is 0 Å². The lowest BCUT2D eigenvalue weighted by Gasteiger charge is -2.08. The Morgan fingerprint density at radius 1 is 1.00 bits per heavy atom. The van der Waals surface area contributed by atoms with Crippen molar-refractivity contribution >= 4 is 5.78 Å². The summed E-state index contributed by atoms with van der Waals surface area (Å²) in [7, 11) is 1.29. The van der Waals surface area contributed by atoms with Gasteiger partial charge in [0.15, 0.2) is 17.4 Å². The van der Waals surface area contributed by atoms with Gasteiger partial charge in [0.1, 0.15) is 17.1 Å². The van der Waals surface area contributed by atoms with Crippen LogP contribution in [0.5, 0.6) is 5.75 Å². The van der Waals surface area contributed by atoms with E-state index in [2.05, 4.69) is 0 Å². The lowest BCUT2D eigenvalue weighted by Crippen LogP contribution is -2.07. The molecule has 0 radical (unpaired) electrons. The van der Waals surface area contributed by atoms with Crippen LogP contribution >= 0.6 is 0 Å². The first-order valence-electron chi connectivity index (χ1n) is 5.37. The van der Waals surface area contributed by atoms with Crippen LogP contribution in [-0.4, -0.2) is 12.9 Å². The summed E-state index contributed by atoms with van der Waals surface area (Å²) in [6.45, 7) is 0. The Bertz CT molecular complexity index is 639. The van der Waals surface area contributed by atoms with Gasteiger partial charge < -0.3 is 4.74 Å². The summed E-state index contributed by atoms with van der Waals surface area (Å²) in [6, 6.07) is 6.52. The van der Waals surface area contributed by atoms with E-state index in [1.54, 1.807) is 0 Å². The highest BCUT2D eigenvalue weighted by atomic mass is 19.2. The molecule has 0 N–H and O–H groups in total. The molecule has 19 heavy (non-hydrogen) atoms. The zero-order chi connectivity index (χ0) is 14.0. The van der Waals surface area contributed by atoms with Gasteiger partial charge in [0.2, 0.25) is 0 Å². The SMILES string of the molecule is COc1cccc(F)c1C(=O)c1ccc(F)c(F)c1. The molecule has 0 spiro atoms. The van der Waals surface area contributed by atoms with Gasteiger partial charge in [0.25, 0.3) is 0 Å². The van der Waals surface area contributed by atoms with Crippen molar-refractivity contribution in [2.45, 2.75) is 0 Å². The fourth-order valence-corrected chi connectivity index (χ4v) is 1.68. The Balaban J connectivity index is 2.52. The molecule has 0 atom stereocenters. The van der Waals surface area contributed by atoms with E-state index in [9.17, 15) is 18.0 Å². The third-order valence-corrected chi connectivity index (χ3v) is 2.60. The first-order chi connectivity index (χ1) is 9.04. The zero-order valence-corrected chi connectivity index (χ0v) is 9.91. The van der Waals surface area contributed by atoms with Crippen molar-refractivity contribution in [2.24, 2.45) is 0 Å². The minimum Gasteiger partial charge on any atom is -0.496 e. The van der Waals surface area contributed by atoms with Crippen LogP contribution in [0.1, 0.15) is 15.9 Å². The number of carbonyl (C=O) groups is 1. The fourth-order valence-electron chi connectivity index (χ4n) is 1.68. The summed E-state index contributed by atoms with van der Waals surface area (Å²) in [5.74, 6) is -3.75.